The van der Waals surface area contributed by atoms with Crippen LogP contribution in [0.1, 0.15) is 12.8 Å². The third-order valence-electron chi connectivity index (χ3n) is 1.55. The third-order valence-corrected chi connectivity index (χ3v) is 2.10. The second-order valence-corrected chi connectivity index (χ2v) is 3.05. The highest BCUT2D eigenvalue weighted by Gasteiger charge is 2.24. The average Bonchev–Trinajstić information content (AvgIpc) is 2.04. The maximum absolute atomic E-state index is 10.4. The Bertz CT molecular complexity index is 193. The minimum Gasteiger partial charge on any atom is -0.481 e. The first-order valence-corrected chi connectivity index (χ1v) is 4.16. The molecule has 0 radical (unpaired) electrons. The van der Waals surface area contributed by atoms with E-state index in [4.69, 9.17) is 14.9 Å². The molecule has 0 fully saturated rings. The molecule has 0 heterocycles. The summed E-state index contributed by atoms with van der Waals surface area (Å²) in [4.78, 5) is 20.6. The number of carboxylic acids is 2. The van der Waals surface area contributed by atoms with Gasteiger partial charge in [-0.3, -0.25) is 9.59 Å². The summed E-state index contributed by atoms with van der Waals surface area (Å²) in [6.45, 7) is 0. The van der Waals surface area contributed by atoms with Gasteiger partial charge in [0.1, 0.15) is 5.25 Å². The van der Waals surface area contributed by atoms with Crippen molar-refractivity contribution in [1.82, 2.24) is 0 Å². The molecule has 0 aliphatic carbocycles. The monoisotopic (exact) mass is 208 g/mol. The van der Waals surface area contributed by atoms with Crippen molar-refractivity contribution in [3.8, 4) is 0 Å². The van der Waals surface area contributed by atoms with Crippen LogP contribution < -0.4 is 0 Å². The molecule has 0 aliphatic rings. The summed E-state index contributed by atoms with van der Waals surface area (Å²) in [5.41, 5.74) is 0. The van der Waals surface area contributed by atoms with Crippen LogP contribution in [0.5, 0.6) is 0 Å². The lowest BCUT2D eigenvalue weighted by Gasteiger charge is -2.17. The lowest BCUT2D eigenvalue weighted by molar-refractivity contribution is -0.141. The number of hydrogen-bond donors (Lipinski definition) is 3. The number of carboxylic acid groups (broad SMARTS) is 2. The number of thiol groups is 1. The summed E-state index contributed by atoms with van der Waals surface area (Å²) >= 11 is 3.78. The lowest BCUT2D eigenvalue weighted by atomic mass is 10.1. The van der Waals surface area contributed by atoms with Crippen LogP contribution in [0.3, 0.4) is 0 Å². The summed E-state index contributed by atoms with van der Waals surface area (Å²) in [5.74, 6) is -2.09. The summed E-state index contributed by atoms with van der Waals surface area (Å²) in [5, 5.41) is 15.9. The van der Waals surface area contributed by atoms with Gasteiger partial charge in [-0.05, 0) is 6.42 Å². The zero-order valence-corrected chi connectivity index (χ0v) is 8.03. The zero-order chi connectivity index (χ0) is 10.4. The first kappa shape index (κ1) is 12.2. The average molecular weight is 208 g/mol. The smallest absolute Gasteiger partial charge is 0.319 e. The van der Waals surface area contributed by atoms with Crippen molar-refractivity contribution < 1.29 is 24.5 Å². The highest BCUT2D eigenvalue weighted by atomic mass is 32.1. The SMILES string of the molecule is COC(CCC(=O)O)C(S)C(=O)O. The Morgan fingerprint density at radius 3 is 2.31 bits per heavy atom. The quantitative estimate of drug-likeness (QED) is 0.545. The van der Waals surface area contributed by atoms with Gasteiger partial charge in [0.05, 0.1) is 6.10 Å². The number of carbonyl (C=O) groups is 2. The van der Waals surface area contributed by atoms with E-state index in [9.17, 15) is 9.59 Å². The molecule has 2 N–H and O–H groups in total. The van der Waals surface area contributed by atoms with E-state index in [1.165, 1.54) is 7.11 Å². The van der Waals surface area contributed by atoms with Crippen LogP contribution in [-0.2, 0) is 14.3 Å². The molecular formula is C7H12O5S. The molecule has 0 amide bonds. The van der Waals surface area contributed by atoms with Gasteiger partial charge in [0, 0.05) is 13.5 Å². The molecule has 13 heavy (non-hydrogen) atoms. The zero-order valence-electron chi connectivity index (χ0n) is 7.14. The van der Waals surface area contributed by atoms with Crippen molar-refractivity contribution in [2.24, 2.45) is 0 Å². The van der Waals surface area contributed by atoms with E-state index in [2.05, 4.69) is 12.6 Å². The molecule has 0 aromatic heterocycles. The van der Waals surface area contributed by atoms with Gasteiger partial charge < -0.3 is 14.9 Å². The molecular weight excluding hydrogens is 196 g/mol. The van der Waals surface area contributed by atoms with Crippen molar-refractivity contribution >= 4 is 24.6 Å². The van der Waals surface area contributed by atoms with Gasteiger partial charge in [-0.1, -0.05) is 0 Å². The topological polar surface area (TPSA) is 83.8 Å². The van der Waals surface area contributed by atoms with Crippen LogP contribution in [0.15, 0.2) is 0 Å². The summed E-state index contributed by atoms with van der Waals surface area (Å²) in [6.07, 6.45) is -0.647. The van der Waals surface area contributed by atoms with E-state index in [-0.39, 0.29) is 12.8 Å². The van der Waals surface area contributed by atoms with E-state index in [0.29, 0.717) is 0 Å². The number of ether oxygens (including phenoxy) is 1. The molecule has 0 aromatic rings. The van der Waals surface area contributed by atoms with Gasteiger partial charge in [0.25, 0.3) is 0 Å². The van der Waals surface area contributed by atoms with E-state index in [1.54, 1.807) is 0 Å². The van der Waals surface area contributed by atoms with Crippen LogP contribution in [0.4, 0.5) is 0 Å². The molecule has 0 rings (SSSR count). The van der Waals surface area contributed by atoms with Gasteiger partial charge in [0.2, 0.25) is 0 Å². The van der Waals surface area contributed by atoms with Crippen LogP contribution in [0.2, 0.25) is 0 Å². The van der Waals surface area contributed by atoms with Crippen LogP contribution >= 0.6 is 12.6 Å². The fourth-order valence-electron chi connectivity index (χ4n) is 0.829. The first-order valence-electron chi connectivity index (χ1n) is 3.64. The minimum absolute atomic E-state index is 0.122. The Balaban J connectivity index is 4.02. The fourth-order valence-corrected chi connectivity index (χ4v) is 1.10. The van der Waals surface area contributed by atoms with Crippen molar-refractivity contribution in [1.29, 1.82) is 0 Å². The highest BCUT2D eigenvalue weighted by Crippen LogP contribution is 2.12. The second-order valence-electron chi connectivity index (χ2n) is 2.49. The Labute approximate surface area is 81.1 Å². The third kappa shape index (κ3) is 4.74. The lowest BCUT2D eigenvalue weighted by Crippen LogP contribution is -2.31. The summed E-state index contributed by atoms with van der Waals surface area (Å²) < 4.78 is 4.80. The van der Waals surface area contributed by atoms with Gasteiger partial charge in [-0.25, -0.2) is 0 Å². The standard InChI is InChI=1S/C7H12O5S/c1-12-4(2-3-5(8)9)6(13)7(10)11/h4,6,13H,2-3H2,1H3,(H,8,9)(H,10,11). The molecule has 0 spiro atoms. The normalized spacial score (nSPS) is 14.9. The Kier molecular flexibility index (Phi) is 5.48. The summed E-state index contributed by atoms with van der Waals surface area (Å²) in [7, 11) is 1.33. The van der Waals surface area contributed by atoms with Gasteiger partial charge in [-0.2, -0.15) is 12.6 Å². The molecule has 5 nitrogen and oxygen atoms in total. The van der Waals surface area contributed by atoms with Crippen LogP contribution in [0.25, 0.3) is 0 Å². The van der Waals surface area contributed by atoms with E-state index < -0.39 is 23.3 Å². The van der Waals surface area contributed by atoms with E-state index in [1.807, 2.05) is 0 Å². The van der Waals surface area contributed by atoms with E-state index in [0.717, 1.165) is 0 Å². The summed E-state index contributed by atoms with van der Waals surface area (Å²) in [6, 6.07) is 0. The molecule has 6 heteroatoms. The molecule has 2 unspecified atom stereocenters. The maximum Gasteiger partial charge on any atom is 0.319 e. The van der Waals surface area contributed by atoms with Crippen LogP contribution in [0, 0.1) is 0 Å². The molecule has 0 saturated heterocycles. The predicted octanol–water partition coefficient (Wildman–Crippen LogP) is 0.249. The second kappa shape index (κ2) is 5.82. The molecule has 2 atom stereocenters. The predicted molar refractivity (Wildman–Crippen MR) is 48.1 cm³/mol. The highest BCUT2D eigenvalue weighted by molar-refractivity contribution is 7.81. The van der Waals surface area contributed by atoms with Crippen LogP contribution in [-0.4, -0.2) is 40.6 Å². The fraction of sp³-hybridized carbons (Fsp3) is 0.714. The van der Waals surface area contributed by atoms with E-state index >= 15 is 0 Å². The largest absolute Gasteiger partial charge is 0.481 e. The van der Waals surface area contributed by atoms with Crippen molar-refractivity contribution in [3.63, 3.8) is 0 Å². The first-order chi connectivity index (χ1) is 5.99. The number of hydrogen-bond acceptors (Lipinski definition) is 4. The molecule has 0 aliphatic heterocycles. The number of aliphatic carboxylic acids is 2. The van der Waals surface area contributed by atoms with Gasteiger partial charge in [-0.15, -0.1) is 0 Å². The molecule has 0 bridgehead atoms. The van der Waals surface area contributed by atoms with Crippen molar-refractivity contribution in [3.05, 3.63) is 0 Å². The van der Waals surface area contributed by atoms with Crippen molar-refractivity contribution in [2.75, 3.05) is 7.11 Å². The maximum atomic E-state index is 10.4. The Morgan fingerprint density at radius 2 is 2.00 bits per heavy atom. The Hall–Kier alpha value is -0.750. The number of rotatable bonds is 6. The number of methoxy groups -OCH3 is 1. The van der Waals surface area contributed by atoms with Crippen molar-refractivity contribution in [2.45, 2.75) is 24.2 Å². The molecule has 0 aromatic carbocycles. The Morgan fingerprint density at radius 1 is 1.46 bits per heavy atom. The minimum atomic E-state index is -1.11. The molecule has 0 saturated carbocycles. The van der Waals surface area contributed by atoms with Gasteiger partial charge in [0.15, 0.2) is 0 Å². The van der Waals surface area contributed by atoms with Gasteiger partial charge >= 0.3 is 11.9 Å². The molecule has 76 valence electrons.